The molecule has 0 saturated heterocycles. The number of benzene rings is 2. The Morgan fingerprint density at radius 2 is 1.78 bits per heavy atom. The van der Waals surface area contributed by atoms with Gasteiger partial charge in [0.05, 0.1) is 10.0 Å². The summed E-state index contributed by atoms with van der Waals surface area (Å²) in [5.74, 6) is 0.796. The fourth-order valence-electron chi connectivity index (χ4n) is 1.54. The average molecular weight is 282 g/mol. The van der Waals surface area contributed by atoms with Crippen LogP contribution in [0.1, 0.15) is 5.56 Å². The van der Waals surface area contributed by atoms with Gasteiger partial charge in [0.25, 0.3) is 0 Å². The molecule has 1 N–H and O–H groups in total. The molecule has 2 rings (SSSR count). The number of nitrogens with one attached hydrogen (secondary N) is 1. The molecule has 0 unspecified atom stereocenters. The van der Waals surface area contributed by atoms with Gasteiger partial charge in [-0.1, -0.05) is 35.3 Å². The van der Waals surface area contributed by atoms with Gasteiger partial charge in [-0.2, -0.15) is 0 Å². The molecule has 0 amide bonds. The van der Waals surface area contributed by atoms with E-state index in [9.17, 15) is 0 Å². The molecule has 0 bridgehead atoms. The van der Waals surface area contributed by atoms with Gasteiger partial charge in [0.15, 0.2) is 0 Å². The maximum absolute atomic E-state index is 6.09. The van der Waals surface area contributed by atoms with Crippen molar-refractivity contribution < 1.29 is 4.74 Å². The molecule has 0 saturated carbocycles. The monoisotopic (exact) mass is 281 g/mol. The number of rotatable bonds is 4. The highest BCUT2D eigenvalue weighted by atomic mass is 35.5. The quantitative estimate of drug-likeness (QED) is 0.883. The van der Waals surface area contributed by atoms with Crippen molar-refractivity contribution in [1.82, 2.24) is 0 Å². The maximum Gasteiger partial charge on any atom is 0.119 e. The Kier molecular flexibility index (Phi) is 4.34. The molecule has 0 aliphatic rings. The molecule has 0 aromatic heterocycles. The molecule has 0 atom stereocenters. The van der Waals surface area contributed by atoms with Crippen LogP contribution in [0.25, 0.3) is 0 Å². The van der Waals surface area contributed by atoms with Crippen molar-refractivity contribution >= 4 is 28.9 Å². The van der Waals surface area contributed by atoms with Gasteiger partial charge in [-0.25, -0.2) is 0 Å². The Morgan fingerprint density at radius 1 is 1.06 bits per heavy atom. The standard InChI is InChI=1S/C14H13Cl2NO/c1-17-11-5-7-12(8-6-11)18-9-10-3-2-4-13(15)14(10)16/h2-8,17H,9H2,1H3. The number of hydrogen-bond acceptors (Lipinski definition) is 2. The number of ether oxygens (including phenoxy) is 1. The van der Waals surface area contributed by atoms with Crippen molar-refractivity contribution in [3.05, 3.63) is 58.1 Å². The summed E-state index contributed by atoms with van der Waals surface area (Å²) in [6.45, 7) is 0.401. The predicted octanol–water partition coefficient (Wildman–Crippen LogP) is 4.61. The molecule has 0 heterocycles. The molecule has 2 aromatic rings. The lowest BCUT2D eigenvalue weighted by Gasteiger charge is -2.09. The van der Waals surface area contributed by atoms with Crippen LogP contribution in [-0.4, -0.2) is 7.05 Å². The molecule has 0 spiro atoms. The van der Waals surface area contributed by atoms with Crippen molar-refractivity contribution in [2.24, 2.45) is 0 Å². The SMILES string of the molecule is CNc1ccc(OCc2cccc(Cl)c2Cl)cc1. The third kappa shape index (κ3) is 3.09. The van der Waals surface area contributed by atoms with Gasteiger partial charge in [-0.3, -0.25) is 0 Å². The Labute approximate surface area is 116 Å². The van der Waals surface area contributed by atoms with E-state index in [0.29, 0.717) is 16.7 Å². The average Bonchev–Trinajstić information content (AvgIpc) is 2.41. The van der Waals surface area contributed by atoms with E-state index in [2.05, 4.69) is 5.32 Å². The molecule has 0 fully saturated rings. The first-order valence-corrected chi connectivity index (χ1v) is 6.30. The van der Waals surface area contributed by atoms with Gasteiger partial charge >= 0.3 is 0 Å². The van der Waals surface area contributed by atoms with Crippen molar-refractivity contribution in [2.45, 2.75) is 6.61 Å². The summed E-state index contributed by atoms with van der Waals surface area (Å²) < 4.78 is 5.66. The lowest BCUT2D eigenvalue weighted by atomic mass is 10.2. The van der Waals surface area contributed by atoms with E-state index in [1.54, 1.807) is 6.07 Å². The molecule has 0 aliphatic carbocycles. The second-order valence-electron chi connectivity index (χ2n) is 3.78. The molecule has 2 nitrogen and oxygen atoms in total. The largest absolute Gasteiger partial charge is 0.489 e. The minimum atomic E-state index is 0.401. The topological polar surface area (TPSA) is 21.3 Å². The summed E-state index contributed by atoms with van der Waals surface area (Å²) in [4.78, 5) is 0. The third-order valence-corrected chi connectivity index (χ3v) is 3.43. The smallest absolute Gasteiger partial charge is 0.119 e. The minimum Gasteiger partial charge on any atom is -0.489 e. The highest BCUT2D eigenvalue weighted by Crippen LogP contribution is 2.26. The maximum atomic E-state index is 6.09. The second-order valence-corrected chi connectivity index (χ2v) is 4.56. The van der Waals surface area contributed by atoms with Crippen LogP contribution in [0.5, 0.6) is 5.75 Å². The molecule has 0 radical (unpaired) electrons. The first-order chi connectivity index (χ1) is 8.70. The molecular weight excluding hydrogens is 269 g/mol. The van der Waals surface area contributed by atoms with Crippen LogP contribution in [-0.2, 0) is 6.61 Å². The first kappa shape index (κ1) is 13.1. The number of anilines is 1. The van der Waals surface area contributed by atoms with E-state index < -0.39 is 0 Å². The normalized spacial score (nSPS) is 10.2. The first-order valence-electron chi connectivity index (χ1n) is 5.54. The van der Waals surface area contributed by atoms with Crippen LogP contribution in [0.15, 0.2) is 42.5 Å². The van der Waals surface area contributed by atoms with Crippen molar-refractivity contribution in [3.8, 4) is 5.75 Å². The zero-order valence-corrected chi connectivity index (χ0v) is 11.4. The van der Waals surface area contributed by atoms with Gasteiger partial charge < -0.3 is 10.1 Å². The molecule has 2 aromatic carbocycles. The van der Waals surface area contributed by atoms with E-state index >= 15 is 0 Å². The summed E-state index contributed by atoms with van der Waals surface area (Å²) in [6.07, 6.45) is 0. The van der Waals surface area contributed by atoms with Crippen molar-refractivity contribution in [1.29, 1.82) is 0 Å². The van der Waals surface area contributed by atoms with E-state index in [-0.39, 0.29) is 0 Å². The molecule has 4 heteroatoms. The second kappa shape index (κ2) is 5.98. The minimum absolute atomic E-state index is 0.401. The highest BCUT2D eigenvalue weighted by molar-refractivity contribution is 6.42. The van der Waals surface area contributed by atoms with Gasteiger partial charge in [-0.15, -0.1) is 0 Å². The fourth-order valence-corrected chi connectivity index (χ4v) is 1.91. The molecule has 18 heavy (non-hydrogen) atoms. The lowest BCUT2D eigenvalue weighted by molar-refractivity contribution is 0.306. The molecular formula is C14H13Cl2NO. The summed E-state index contributed by atoms with van der Waals surface area (Å²) in [7, 11) is 1.88. The van der Waals surface area contributed by atoms with Gasteiger partial charge in [0.1, 0.15) is 12.4 Å². The van der Waals surface area contributed by atoms with Crippen LogP contribution >= 0.6 is 23.2 Å². The van der Waals surface area contributed by atoms with Gasteiger partial charge in [-0.05, 0) is 30.3 Å². The lowest BCUT2D eigenvalue weighted by Crippen LogP contribution is -1.96. The van der Waals surface area contributed by atoms with E-state index in [1.165, 1.54) is 0 Å². The van der Waals surface area contributed by atoms with Crippen LogP contribution < -0.4 is 10.1 Å². The highest BCUT2D eigenvalue weighted by Gasteiger charge is 2.04. The van der Waals surface area contributed by atoms with Crippen molar-refractivity contribution in [2.75, 3.05) is 12.4 Å². The van der Waals surface area contributed by atoms with E-state index in [0.717, 1.165) is 17.0 Å². The van der Waals surface area contributed by atoms with Crippen molar-refractivity contribution in [3.63, 3.8) is 0 Å². The van der Waals surface area contributed by atoms with Gasteiger partial charge in [0.2, 0.25) is 0 Å². The summed E-state index contributed by atoms with van der Waals surface area (Å²) in [5, 5.41) is 4.14. The van der Waals surface area contributed by atoms with E-state index in [1.807, 2.05) is 43.4 Å². The summed E-state index contributed by atoms with van der Waals surface area (Å²) >= 11 is 12.0. The Morgan fingerprint density at radius 3 is 2.44 bits per heavy atom. The molecule has 94 valence electrons. The predicted molar refractivity (Wildman–Crippen MR) is 76.8 cm³/mol. The summed E-state index contributed by atoms with van der Waals surface area (Å²) in [5.41, 5.74) is 1.92. The zero-order chi connectivity index (χ0) is 13.0. The van der Waals surface area contributed by atoms with Crippen LogP contribution in [0.3, 0.4) is 0 Å². The third-order valence-electron chi connectivity index (χ3n) is 2.57. The Hall–Kier alpha value is -1.38. The van der Waals surface area contributed by atoms with Crippen LogP contribution in [0.4, 0.5) is 5.69 Å². The summed E-state index contributed by atoms with van der Waals surface area (Å²) in [6, 6.07) is 13.2. The van der Waals surface area contributed by atoms with E-state index in [4.69, 9.17) is 27.9 Å². The van der Waals surface area contributed by atoms with Crippen LogP contribution in [0, 0.1) is 0 Å². The molecule has 0 aliphatic heterocycles. The number of halogens is 2. The number of hydrogen-bond donors (Lipinski definition) is 1. The zero-order valence-electron chi connectivity index (χ0n) is 9.91. The van der Waals surface area contributed by atoms with Gasteiger partial charge in [0, 0.05) is 18.3 Å². The Bertz CT molecular complexity index is 526. The fraction of sp³-hybridized carbons (Fsp3) is 0.143. The van der Waals surface area contributed by atoms with Crippen LogP contribution in [0.2, 0.25) is 10.0 Å². The Balaban J connectivity index is 2.04.